The minimum Gasteiger partial charge on any atom is -0.481 e. The molecule has 164 valence electrons. The van der Waals surface area contributed by atoms with Gasteiger partial charge in [0.25, 0.3) is 11.6 Å². The SMILES string of the molecule is COc1cc(OC)nc(Oc2ccc(NC(=S)NC(=O)c3ccc([N+](=O)[O-])cc3)cc2)n1. The second-order valence-corrected chi connectivity index (χ2v) is 6.48. The summed E-state index contributed by atoms with van der Waals surface area (Å²) in [6.45, 7) is 0. The molecule has 0 aliphatic carbocycles. The van der Waals surface area contributed by atoms with Gasteiger partial charge in [-0.05, 0) is 48.6 Å². The highest BCUT2D eigenvalue weighted by Crippen LogP contribution is 2.24. The lowest BCUT2D eigenvalue weighted by atomic mass is 10.2. The number of methoxy groups -OCH3 is 2. The smallest absolute Gasteiger partial charge is 0.328 e. The Bertz CT molecular complexity index is 1120. The summed E-state index contributed by atoms with van der Waals surface area (Å²) in [4.78, 5) is 30.5. The van der Waals surface area contributed by atoms with Crippen molar-refractivity contribution < 1.29 is 23.9 Å². The van der Waals surface area contributed by atoms with Gasteiger partial charge in [-0.15, -0.1) is 0 Å². The predicted octanol–water partition coefficient (Wildman–Crippen LogP) is 3.32. The van der Waals surface area contributed by atoms with Crippen LogP contribution in [0.1, 0.15) is 10.4 Å². The number of aromatic nitrogens is 2. The Morgan fingerprint density at radius 3 is 2.12 bits per heavy atom. The highest BCUT2D eigenvalue weighted by Gasteiger charge is 2.11. The fraction of sp³-hybridized carbons (Fsp3) is 0.100. The number of hydrogen-bond donors (Lipinski definition) is 2. The lowest BCUT2D eigenvalue weighted by Gasteiger charge is -2.11. The van der Waals surface area contributed by atoms with Crippen molar-refractivity contribution >= 4 is 34.6 Å². The zero-order chi connectivity index (χ0) is 23.1. The van der Waals surface area contributed by atoms with Gasteiger partial charge in [0.05, 0.1) is 25.2 Å². The molecule has 0 spiro atoms. The Kier molecular flexibility index (Phi) is 7.08. The number of carbonyl (C=O) groups excluding carboxylic acids is 1. The van der Waals surface area contributed by atoms with Crippen molar-refractivity contribution in [3.05, 3.63) is 70.3 Å². The van der Waals surface area contributed by atoms with Crippen LogP contribution >= 0.6 is 12.2 Å². The van der Waals surface area contributed by atoms with E-state index in [1.165, 1.54) is 44.6 Å². The molecule has 2 aromatic carbocycles. The number of nitrogens with one attached hydrogen (secondary N) is 2. The minimum atomic E-state index is -0.543. The maximum absolute atomic E-state index is 12.2. The number of ether oxygens (including phenoxy) is 3. The van der Waals surface area contributed by atoms with Gasteiger partial charge in [0.1, 0.15) is 5.75 Å². The number of nitrogens with zero attached hydrogens (tertiary/aromatic N) is 3. The molecule has 0 radical (unpaired) electrons. The summed E-state index contributed by atoms with van der Waals surface area (Å²) >= 11 is 5.14. The van der Waals surface area contributed by atoms with E-state index >= 15 is 0 Å². The summed E-state index contributed by atoms with van der Waals surface area (Å²) in [6.07, 6.45) is 0. The third-order valence-electron chi connectivity index (χ3n) is 3.97. The molecule has 32 heavy (non-hydrogen) atoms. The molecule has 1 aromatic heterocycles. The van der Waals surface area contributed by atoms with Crippen LogP contribution in [0.3, 0.4) is 0 Å². The Balaban J connectivity index is 1.58. The molecule has 1 heterocycles. The number of thiocarbonyl (C=S) groups is 1. The van der Waals surface area contributed by atoms with E-state index in [1.54, 1.807) is 24.3 Å². The molecule has 0 bridgehead atoms. The topological polar surface area (TPSA) is 138 Å². The van der Waals surface area contributed by atoms with Crippen molar-refractivity contribution in [2.45, 2.75) is 0 Å². The van der Waals surface area contributed by atoms with Crippen LogP contribution in [-0.4, -0.2) is 40.1 Å². The molecule has 3 rings (SSSR count). The van der Waals surface area contributed by atoms with Gasteiger partial charge in [0.2, 0.25) is 11.8 Å². The van der Waals surface area contributed by atoms with Crippen molar-refractivity contribution in [1.29, 1.82) is 0 Å². The maximum atomic E-state index is 12.2. The monoisotopic (exact) mass is 455 g/mol. The predicted molar refractivity (Wildman–Crippen MR) is 118 cm³/mol. The van der Waals surface area contributed by atoms with Gasteiger partial charge in [-0.3, -0.25) is 20.2 Å². The van der Waals surface area contributed by atoms with Crippen molar-refractivity contribution in [3.63, 3.8) is 0 Å². The van der Waals surface area contributed by atoms with Gasteiger partial charge in [-0.2, -0.15) is 9.97 Å². The van der Waals surface area contributed by atoms with Crippen LogP contribution in [0.15, 0.2) is 54.6 Å². The van der Waals surface area contributed by atoms with Crippen LogP contribution in [0.25, 0.3) is 0 Å². The van der Waals surface area contributed by atoms with Gasteiger partial charge < -0.3 is 19.5 Å². The number of hydrogen-bond acceptors (Lipinski definition) is 9. The largest absolute Gasteiger partial charge is 0.481 e. The molecular formula is C20H17N5O6S. The first-order valence-electron chi connectivity index (χ1n) is 8.99. The van der Waals surface area contributed by atoms with E-state index in [0.29, 0.717) is 23.2 Å². The molecule has 3 aromatic rings. The Hall–Kier alpha value is -4.32. The zero-order valence-corrected chi connectivity index (χ0v) is 17.7. The molecule has 0 fully saturated rings. The van der Waals surface area contributed by atoms with E-state index in [4.69, 9.17) is 26.4 Å². The number of anilines is 1. The van der Waals surface area contributed by atoms with E-state index in [9.17, 15) is 14.9 Å². The van der Waals surface area contributed by atoms with E-state index < -0.39 is 10.8 Å². The second-order valence-electron chi connectivity index (χ2n) is 6.07. The molecule has 1 amide bonds. The normalized spacial score (nSPS) is 10.1. The van der Waals surface area contributed by atoms with Gasteiger partial charge in [-0.25, -0.2) is 0 Å². The average Bonchev–Trinajstić information content (AvgIpc) is 2.80. The second kappa shape index (κ2) is 10.1. The third kappa shape index (κ3) is 5.86. The average molecular weight is 455 g/mol. The number of non-ortho nitro benzene ring substituents is 1. The van der Waals surface area contributed by atoms with Crippen LogP contribution in [0.2, 0.25) is 0 Å². The van der Waals surface area contributed by atoms with Crippen molar-refractivity contribution in [2.24, 2.45) is 0 Å². The molecule has 11 nitrogen and oxygen atoms in total. The fourth-order valence-corrected chi connectivity index (χ4v) is 2.63. The third-order valence-corrected chi connectivity index (χ3v) is 4.17. The van der Waals surface area contributed by atoms with E-state index in [0.717, 1.165) is 0 Å². The first kappa shape index (κ1) is 22.4. The van der Waals surface area contributed by atoms with Gasteiger partial charge in [0, 0.05) is 23.4 Å². The molecular weight excluding hydrogens is 438 g/mol. The van der Waals surface area contributed by atoms with Crippen LogP contribution in [0.4, 0.5) is 11.4 Å². The van der Waals surface area contributed by atoms with E-state index in [-0.39, 0.29) is 22.4 Å². The number of amides is 1. The van der Waals surface area contributed by atoms with E-state index in [1.807, 2.05) is 0 Å². The number of rotatable bonds is 7. The van der Waals surface area contributed by atoms with Crippen molar-refractivity contribution in [3.8, 4) is 23.5 Å². The van der Waals surface area contributed by atoms with Crippen LogP contribution in [-0.2, 0) is 0 Å². The number of nitro groups is 1. The first-order valence-corrected chi connectivity index (χ1v) is 9.40. The molecule has 0 saturated carbocycles. The van der Waals surface area contributed by atoms with Crippen LogP contribution in [0, 0.1) is 10.1 Å². The molecule has 2 N–H and O–H groups in total. The summed E-state index contributed by atoms with van der Waals surface area (Å²) in [7, 11) is 2.94. The van der Waals surface area contributed by atoms with Crippen LogP contribution in [0.5, 0.6) is 23.5 Å². The summed E-state index contributed by atoms with van der Waals surface area (Å²) in [5.74, 6) is 0.534. The van der Waals surface area contributed by atoms with Crippen molar-refractivity contribution in [2.75, 3.05) is 19.5 Å². The van der Waals surface area contributed by atoms with Gasteiger partial charge in [-0.1, -0.05) is 0 Å². The molecule has 0 unspecified atom stereocenters. The maximum Gasteiger partial charge on any atom is 0.328 e. The number of nitro benzene ring substituents is 1. The molecule has 0 atom stereocenters. The Labute approximate surface area is 187 Å². The summed E-state index contributed by atoms with van der Waals surface area (Å²) in [6, 6.07) is 13.4. The molecule has 0 saturated heterocycles. The number of carbonyl (C=O) groups is 1. The lowest BCUT2D eigenvalue weighted by molar-refractivity contribution is -0.384. The molecule has 0 aliphatic rings. The lowest BCUT2D eigenvalue weighted by Crippen LogP contribution is -2.34. The first-order chi connectivity index (χ1) is 15.4. The van der Waals surface area contributed by atoms with Crippen molar-refractivity contribution in [1.82, 2.24) is 15.3 Å². The summed E-state index contributed by atoms with van der Waals surface area (Å²) < 4.78 is 15.8. The highest BCUT2D eigenvalue weighted by molar-refractivity contribution is 7.80. The van der Waals surface area contributed by atoms with Gasteiger partial charge >= 0.3 is 6.01 Å². The van der Waals surface area contributed by atoms with E-state index in [2.05, 4.69) is 20.6 Å². The van der Waals surface area contributed by atoms with Crippen LogP contribution < -0.4 is 24.8 Å². The Morgan fingerprint density at radius 1 is 1.00 bits per heavy atom. The fourth-order valence-electron chi connectivity index (χ4n) is 2.42. The summed E-state index contributed by atoms with van der Waals surface area (Å²) in [5.41, 5.74) is 0.718. The Morgan fingerprint density at radius 2 is 1.59 bits per heavy atom. The standard InChI is InChI=1S/C20H17N5O6S/c1-29-16-11-17(30-2)23-19(22-16)31-15-9-5-13(6-10-15)21-20(32)24-18(26)12-3-7-14(8-4-12)25(27)28/h3-11H,1-2H3,(H2,21,24,26,32). The quantitative estimate of drug-likeness (QED) is 0.310. The molecule has 12 heteroatoms. The zero-order valence-electron chi connectivity index (χ0n) is 16.9. The summed E-state index contributed by atoms with van der Waals surface area (Å²) in [5, 5.41) is 16.1. The molecule has 0 aliphatic heterocycles. The number of benzene rings is 2. The minimum absolute atomic E-state index is 0.0489. The van der Waals surface area contributed by atoms with Gasteiger partial charge in [0.15, 0.2) is 5.11 Å². The highest BCUT2D eigenvalue weighted by atomic mass is 32.1.